The van der Waals surface area contributed by atoms with E-state index in [-0.39, 0.29) is 5.91 Å². The minimum atomic E-state index is -0.110. The van der Waals surface area contributed by atoms with E-state index in [0.29, 0.717) is 16.3 Å². The summed E-state index contributed by atoms with van der Waals surface area (Å²) in [4.78, 5) is 12.6. The lowest BCUT2D eigenvalue weighted by Crippen LogP contribution is -2.14. The third-order valence-electron chi connectivity index (χ3n) is 3.87. The number of aryl methyl sites for hydroxylation is 2. The molecule has 1 N–H and O–H groups in total. The Labute approximate surface area is 147 Å². The molecule has 0 fully saturated rings. The predicted octanol–water partition coefficient (Wildman–Crippen LogP) is 5.38. The molecule has 0 atom stereocenters. The Morgan fingerprint density at radius 1 is 0.833 bits per heavy atom. The van der Waals surface area contributed by atoms with Gasteiger partial charge < -0.3 is 5.32 Å². The first kappa shape index (κ1) is 16.3. The molecule has 0 heterocycles. The molecule has 3 aromatic rings. The minimum Gasteiger partial charge on any atom is -0.322 e. The van der Waals surface area contributed by atoms with Crippen molar-refractivity contribution in [3.05, 3.63) is 101 Å². The van der Waals surface area contributed by atoms with Gasteiger partial charge in [0.15, 0.2) is 0 Å². The lowest BCUT2D eigenvalue weighted by atomic mass is 9.99. The molecule has 0 aromatic heterocycles. The van der Waals surface area contributed by atoms with Crippen molar-refractivity contribution in [1.29, 1.82) is 0 Å². The van der Waals surface area contributed by atoms with Crippen molar-refractivity contribution in [2.45, 2.75) is 12.8 Å². The van der Waals surface area contributed by atoms with Gasteiger partial charge >= 0.3 is 0 Å². The second kappa shape index (κ2) is 7.80. The fraction of sp³-hybridized carbons (Fsp3) is 0.0952. The van der Waals surface area contributed by atoms with Crippen LogP contribution in [0.4, 0.5) is 5.69 Å². The molecule has 0 spiro atoms. The van der Waals surface area contributed by atoms with E-state index in [0.717, 1.165) is 18.4 Å². The molecular formula is C21H18ClNO. The number of nitrogens with one attached hydrogen (secondary N) is 1. The number of benzene rings is 3. The number of hydrogen-bond acceptors (Lipinski definition) is 1. The van der Waals surface area contributed by atoms with E-state index in [9.17, 15) is 4.79 Å². The van der Waals surface area contributed by atoms with Crippen LogP contribution in [0, 0.1) is 0 Å². The first-order valence-corrected chi connectivity index (χ1v) is 8.29. The Bertz CT molecular complexity index is 830. The van der Waals surface area contributed by atoms with Crippen molar-refractivity contribution >= 4 is 23.2 Å². The Morgan fingerprint density at radius 3 is 2.38 bits per heavy atom. The Hall–Kier alpha value is -2.58. The third-order valence-corrected chi connectivity index (χ3v) is 4.11. The molecule has 120 valence electrons. The lowest BCUT2D eigenvalue weighted by molar-refractivity contribution is 0.102. The van der Waals surface area contributed by atoms with E-state index in [1.54, 1.807) is 12.1 Å². The average molecular weight is 336 g/mol. The van der Waals surface area contributed by atoms with Crippen molar-refractivity contribution in [1.82, 2.24) is 0 Å². The normalized spacial score (nSPS) is 10.4. The predicted molar refractivity (Wildman–Crippen MR) is 99.7 cm³/mol. The zero-order valence-corrected chi connectivity index (χ0v) is 14.0. The zero-order chi connectivity index (χ0) is 16.8. The molecule has 3 rings (SSSR count). The Balaban J connectivity index is 1.74. The van der Waals surface area contributed by atoms with Gasteiger partial charge in [0.25, 0.3) is 5.91 Å². The van der Waals surface area contributed by atoms with Gasteiger partial charge in [0, 0.05) is 16.3 Å². The van der Waals surface area contributed by atoms with Crippen LogP contribution >= 0.6 is 11.6 Å². The zero-order valence-electron chi connectivity index (χ0n) is 13.2. The monoisotopic (exact) mass is 335 g/mol. The molecule has 0 radical (unpaired) electrons. The maximum atomic E-state index is 12.6. The molecule has 3 aromatic carbocycles. The second-order valence-corrected chi connectivity index (χ2v) is 6.04. The van der Waals surface area contributed by atoms with E-state index in [4.69, 9.17) is 11.6 Å². The summed E-state index contributed by atoms with van der Waals surface area (Å²) in [5.74, 6) is -0.110. The Kier molecular flexibility index (Phi) is 5.29. The van der Waals surface area contributed by atoms with Gasteiger partial charge in [0.1, 0.15) is 0 Å². The van der Waals surface area contributed by atoms with Crippen molar-refractivity contribution < 1.29 is 4.79 Å². The fourth-order valence-electron chi connectivity index (χ4n) is 2.65. The van der Waals surface area contributed by atoms with E-state index in [1.807, 2.05) is 54.6 Å². The van der Waals surface area contributed by atoms with Gasteiger partial charge in [0.2, 0.25) is 0 Å². The first-order valence-electron chi connectivity index (χ1n) is 7.91. The fourth-order valence-corrected chi connectivity index (χ4v) is 2.84. The standard InChI is InChI=1S/C21H18ClNO/c22-18-10-6-11-19(15-18)23-21(24)20-12-5-4-9-17(20)14-13-16-7-2-1-3-8-16/h1-12,15H,13-14H2,(H,23,24). The van der Waals surface area contributed by atoms with Crippen LogP contribution in [0.15, 0.2) is 78.9 Å². The van der Waals surface area contributed by atoms with Crippen molar-refractivity contribution in [3.8, 4) is 0 Å². The highest BCUT2D eigenvalue weighted by Gasteiger charge is 2.11. The highest BCUT2D eigenvalue weighted by atomic mass is 35.5. The van der Waals surface area contributed by atoms with Crippen LogP contribution in [-0.4, -0.2) is 5.91 Å². The molecule has 0 saturated carbocycles. The molecule has 24 heavy (non-hydrogen) atoms. The van der Waals surface area contributed by atoms with Gasteiger partial charge in [-0.15, -0.1) is 0 Å². The quantitative estimate of drug-likeness (QED) is 0.666. The maximum absolute atomic E-state index is 12.6. The van der Waals surface area contributed by atoms with Gasteiger partial charge in [0.05, 0.1) is 0 Å². The van der Waals surface area contributed by atoms with Crippen LogP contribution < -0.4 is 5.32 Å². The summed E-state index contributed by atoms with van der Waals surface area (Å²) >= 11 is 5.97. The molecular weight excluding hydrogens is 318 g/mol. The topological polar surface area (TPSA) is 29.1 Å². The Morgan fingerprint density at radius 2 is 1.58 bits per heavy atom. The SMILES string of the molecule is O=C(Nc1cccc(Cl)c1)c1ccccc1CCc1ccccc1. The highest BCUT2D eigenvalue weighted by Crippen LogP contribution is 2.18. The summed E-state index contributed by atoms with van der Waals surface area (Å²) in [5.41, 5.74) is 3.71. The molecule has 0 aliphatic heterocycles. The number of anilines is 1. The number of hydrogen-bond donors (Lipinski definition) is 1. The van der Waals surface area contributed by atoms with Crippen LogP contribution in [0.5, 0.6) is 0 Å². The van der Waals surface area contributed by atoms with Crippen LogP contribution in [0.2, 0.25) is 5.02 Å². The molecule has 2 nitrogen and oxygen atoms in total. The molecule has 0 unspecified atom stereocenters. The number of carbonyl (C=O) groups is 1. The molecule has 0 saturated heterocycles. The van der Waals surface area contributed by atoms with E-state index >= 15 is 0 Å². The van der Waals surface area contributed by atoms with E-state index in [2.05, 4.69) is 17.4 Å². The summed E-state index contributed by atoms with van der Waals surface area (Å²) in [6.45, 7) is 0. The van der Waals surface area contributed by atoms with Crippen molar-refractivity contribution in [2.75, 3.05) is 5.32 Å². The van der Waals surface area contributed by atoms with Gasteiger partial charge in [-0.2, -0.15) is 0 Å². The third kappa shape index (κ3) is 4.24. The van der Waals surface area contributed by atoms with Gasteiger partial charge in [-0.25, -0.2) is 0 Å². The summed E-state index contributed by atoms with van der Waals surface area (Å²) in [6.07, 6.45) is 1.73. The second-order valence-electron chi connectivity index (χ2n) is 5.61. The molecule has 1 amide bonds. The largest absolute Gasteiger partial charge is 0.322 e. The van der Waals surface area contributed by atoms with E-state index in [1.165, 1.54) is 5.56 Å². The average Bonchev–Trinajstić information content (AvgIpc) is 2.61. The molecule has 0 bridgehead atoms. The summed E-state index contributed by atoms with van der Waals surface area (Å²) < 4.78 is 0. The molecule has 0 aliphatic carbocycles. The van der Waals surface area contributed by atoms with Crippen LogP contribution in [-0.2, 0) is 12.8 Å². The summed E-state index contributed by atoms with van der Waals surface area (Å²) in [7, 11) is 0. The molecule has 3 heteroatoms. The van der Waals surface area contributed by atoms with Crippen LogP contribution in [0.25, 0.3) is 0 Å². The first-order chi connectivity index (χ1) is 11.7. The van der Waals surface area contributed by atoms with E-state index < -0.39 is 0 Å². The summed E-state index contributed by atoms with van der Waals surface area (Å²) in [6, 6.07) is 25.2. The minimum absolute atomic E-state index is 0.110. The summed E-state index contributed by atoms with van der Waals surface area (Å²) in [5, 5.41) is 3.52. The number of carbonyl (C=O) groups excluding carboxylic acids is 1. The highest BCUT2D eigenvalue weighted by molar-refractivity contribution is 6.31. The maximum Gasteiger partial charge on any atom is 0.255 e. The van der Waals surface area contributed by atoms with Gasteiger partial charge in [-0.05, 0) is 48.2 Å². The molecule has 0 aliphatic rings. The number of amides is 1. The van der Waals surface area contributed by atoms with Gasteiger partial charge in [-0.3, -0.25) is 4.79 Å². The van der Waals surface area contributed by atoms with Crippen molar-refractivity contribution in [3.63, 3.8) is 0 Å². The van der Waals surface area contributed by atoms with Gasteiger partial charge in [-0.1, -0.05) is 66.2 Å². The number of rotatable bonds is 5. The smallest absolute Gasteiger partial charge is 0.255 e. The van der Waals surface area contributed by atoms with Crippen LogP contribution in [0.3, 0.4) is 0 Å². The van der Waals surface area contributed by atoms with Crippen molar-refractivity contribution in [2.24, 2.45) is 0 Å². The lowest BCUT2D eigenvalue weighted by Gasteiger charge is -2.10. The van der Waals surface area contributed by atoms with Crippen LogP contribution in [0.1, 0.15) is 21.5 Å². The number of halogens is 1.